The van der Waals surface area contributed by atoms with Crippen molar-refractivity contribution in [1.82, 2.24) is 25.0 Å². The molecule has 2 aliphatic heterocycles. The number of halogens is 2. The van der Waals surface area contributed by atoms with Gasteiger partial charge in [-0.25, -0.2) is 8.78 Å². The zero-order chi connectivity index (χ0) is 41.0. The Morgan fingerprint density at radius 3 is 2.57 bits per heavy atom. The van der Waals surface area contributed by atoms with Crippen molar-refractivity contribution in [1.29, 1.82) is 0 Å². The Balaban J connectivity index is 1.47. The summed E-state index contributed by atoms with van der Waals surface area (Å²) in [6.07, 6.45) is -16.2. The Morgan fingerprint density at radius 2 is 1.92 bits per heavy atom. The number of rotatable bonds is 8. The fraction of sp³-hybridized carbons (Fsp3) is 0.690. The molecule has 1 aromatic carbocycles. The van der Waals surface area contributed by atoms with E-state index in [0.717, 1.165) is 6.92 Å². The number of nitrogens with one attached hydrogen (secondary N) is 1. The zero-order valence-corrected chi connectivity index (χ0v) is 20.3. The van der Waals surface area contributed by atoms with Gasteiger partial charge in [0.05, 0.1) is 6.04 Å². The van der Waals surface area contributed by atoms with Crippen LogP contribution >= 0.6 is 0 Å². The van der Waals surface area contributed by atoms with Crippen molar-refractivity contribution < 1.29 is 36.9 Å². The molecule has 37 heavy (non-hydrogen) atoms. The molecule has 0 radical (unpaired) electrons. The molecule has 4 atom stereocenters. The zero-order valence-electron chi connectivity index (χ0n) is 37.3. The molecule has 202 valence electrons. The largest absolute Gasteiger partial charge is 0.349 e. The monoisotopic (exact) mass is 530 g/mol. The molecular formula is C29H41F2N5O. The number of alkyl halides is 2. The average molecular weight is 531 g/mol. The first-order chi connectivity index (χ1) is 24.3. The number of benzene rings is 1. The lowest BCUT2D eigenvalue weighted by molar-refractivity contribution is -0.130. The Bertz CT molecular complexity index is 1690. The minimum absolute atomic E-state index is 0.0877. The minimum Gasteiger partial charge on any atom is -0.349 e. The summed E-state index contributed by atoms with van der Waals surface area (Å²) in [5, 5.41) is 9.97. The Kier molecular flexibility index (Phi) is 3.70. The van der Waals surface area contributed by atoms with E-state index in [4.69, 9.17) is 20.6 Å². The standard InChI is InChI=1S/C29H41F2N5O/c1-19(2)27-34-33-20(3)36(27)25-17-23-9-10-24(18-25)35(23)16-13-26(21-7-5-4-6-8-21)32-28(37)22-11-14-29(30,31)15-12-22/h4-8,19,22-26H,9-18H2,1-3H3,(H,32,37)/i1D3,3D3,11D2,12D2,14D2,15D2,16D2,19D. The van der Waals surface area contributed by atoms with E-state index in [1.54, 1.807) is 6.07 Å². The van der Waals surface area contributed by atoms with E-state index in [-0.39, 0.29) is 24.2 Å². The molecule has 1 amide bonds. The lowest BCUT2D eigenvalue weighted by Gasteiger charge is -2.40. The average Bonchev–Trinajstić information content (AvgIpc) is 3.60. The highest BCUT2D eigenvalue weighted by atomic mass is 19.3. The molecule has 2 aromatic rings. The van der Waals surface area contributed by atoms with Crippen LogP contribution in [0.3, 0.4) is 0 Å². The number of fused-ring (bicyclic) bond motifs is 2. The van der Waals surface area contributed by atoms with Gasteiger partial charge in [0.15, 0.2) is 0 Å². The van der Waals surface area contributed by atoms with Crippen LogP contribution < -0.4 is 5.32 Å². The van der Waals surface area contributed by atoms with E-state index in [2.05, 4.69) is 15.5 Å². The second-order valence-corrected chi connectivity index (χ2v) is 9.64. The fourth-order valence-electron chi connectivity index (χ4n) is 5.42. The van der Waals surface area contributed by atoms with Crippen LogP contribution in [0.1, 0.15) is 130 Å². The van der Waals surface area contributed by atoms with E-state index in [1.165, 1.54) is 33.7 Å². The normalized spacial score (nSPS) is 41.8. The number of piperidine rings is 1. The topological polar surface area (TPSA) is 63.1 Å². The molecule has 1 saturated carbocycles. The van der Waals surface area contributed by atoms with Crippen LogP contribution in [0.2, 0.25) is 0 Å². The number of carbonyl (C=O) groups excluding carboxylic acids is 1. The summed E-state index contributed by atoms with van der Waals surface area (Å²) in [5.74, 6) is -13.0. The summed E-state index contributed by atoms with van der Waals surface area (Å²) in [5.41, 5.74) is 0.237. The van der Waals surface area contributed by atoms with Gasteiger partial charge in [0.2, 0.25) is 11.8 Å². The van der Waals surface area contributed by atoms with Crippen LogP contribution in [-0.4, -0.2) is 50.1 Å². The van der Waals surface area contributed by atoms with Gasteiger partial charge >= 0.3 is 0 Å². The van der Waals surface area contributed by atoms with Crippen molar-refractivity contribution in [3.8, 4) is 0 Å². The van der Waals surface area contributed by atoms with Crippen LogP contribution in [0, 0.1) is 12.8 Å². The van der Waals surface area contributed by atoms with Crippen LogP contribution in [0.15, 0.2) is 30.3 Å². The molecule has 0 spiro atoms. The van der Waals surface area contributed by atoms with E-state index < -0.39 is 106 Å². The van der Waals surface area contributed by atoms with Gasteiger partial charge in [-0.2, -0.15) is 0 Å². The van der Waals surface area contributed by atoms with Crippen LogP contribution in [0.25, 0.3) is 0 Å². The molecule has 1 aromatic heterocycles. The first-order valence-electron chi connectivity index (χ1n) is 20.7. The Labute approximate surface area is 243 Å². The molecule has 1 aliphatic carbocycles. The van der Waals surface area contributed by atoms with E-state index >= 15 is 8.78 Å². The van der Waals surface area contributed by atoms with E-state index in [9.17, 15) is 7.54 Å². The molecular weight excluding hydrogens is 472 g/mol. The lowest BCUT2D eigenvalue weighted by atomic mass is 9.86. The summed E-state index contributed by atoms with van der Waals surface area (Å²) in [7, 11) is 0. The van der Waals surface area contributed by atoms with Gasteiger partial charge in [-0.3, -0.25) is 9.69 Å². The summed E-state index contributed by atoms with van der Waals surface area (Å²) in [4.78, 5) is 15.4. The minimum atomic E-state index is -5.20. The third-order valence-electron chi connectivity index (χ3n) is 7.11. The van der Waals surface area contributed by atoms with Gasteiger partial charge in [-0.05, 0) is 57.3 Å². The molecule has 2 saturated heterocycles. The summed E-state index contributed by atoms with van der Waals surface area (Å²) >= 11 is 0. The maximum Gasteiger partial charge on any atom is 0.248 e. The predicted molar refractivity (Wildman–Crippen MR) is 139 cm³/mol. The quantitative estimate of drug-likeness (QED) is 0.458. The number of hydrogen-bond donors (Lipinski definition) is 1. The van der Waals surface area contributed by atoms with Crippen molar-refractivity contribution in [3.05, 3.63) is 47.5 Å². The summed E-state index contributed by atoms with van der Waals surface area (Å²) in [6.45, 7) is -6.99. The van der Waals surface area contributed by atoms with Gasteiger partial charge in [0.1, 0.15) is 11.6 Å². The van der Waals surface area contributed by atoms with Crippen molar-refractivity contribution in [2.75, 3.05) is 6.50 Å². The Hall–Kier alpha value is -2.35. The summed E-state index contributed by atoms with van der Waals surface area (Å²) < 4.78 is 171. The first kappa shape index (κ1) is 12.7. The van der Waals surface area contributed by atoms with Gasteiger partial charge < -0.3 is 9.88 Å². The lowest BCUT2D eigenvalue weighted by Crippen LogP contribution is -2.45. The smallest absolute Gasteiger partial charge is 0.248 e. The number of amides is 1. The van der Waals surface area contributed by atoms with Gasteiger partial charge in [-0.1, -0.05) is 44.1 Å². The molecule has 3 aliphatic rings. The maximum atomic E-state index is 15.1. The van der Waals surface area contributed by atoms with Gasteiger partial charge in [0, 0.05) is 72.5 Å². The number of hydrogen-bond acceptors (Lipinski definition) is 4. The number of carbonyl (C=O) groups is 1. The molecule has 6 nitrogen and oxygen atoms in total. The third kappa shape index (κ3) is 5.74. The molecule has 8 heteroatoms. The molecule has 1 N–H and O–H groups in total. The fourth-order valence-corrected chi connectivity index (χ4v) is 5.42. The predicted octanol–water partition coefficient (Wildman–Crippen LogP) is 5.95. The number of aryl methyl sites for hydroxylation is 1. The van der Waals surface area contributed by atoms with Crippen molar-refractivity contribution >= 4 is 5.91 Å². The van der Waals surface area contributed by atoms with Gasteiger partial charge in [-0.15, -0.1) is 10.2 Å². The second kappa shape index (κ2) is 10.8. The number of nitrogens with zero attached hydrogens (tertiary/aromatic N) is 4. The molecule has 2 bridgehead atoms. The van der Waals surface area contributed by atoms with Crippen LogP contribution in [0.4, 0.5) is 8.78 Å². The molecule has 3 heterocycles. The van der Waals surface area contributed by atoms with Gasteiger partial charge in [0.25, 0.3) is 0 Å². The van der Waals surface area contributed by atoms with Crippen molar-refractivity contribution in [2.45, 2.75) is 114 Å². The summed E-state index contributed by atoms with van der Waals surface area (Å²) in [6, 6.07) is 4.30. The van der Waals surface area contributed by atoms with Crippen molar-refractivity contribution in [2.24, 2.45) is 5.92 Å². The first-order valence-corrected chi connectivity index (χ1v) is 12.2. The Morgan fingerprint density at radius 1 is 1.22 bits per heavy atom. The van der Waals surface area contributed by atoms with Crippen LogP contribution in [0.5, 0.6) is 0 Å². The highest BCUT2D eigenvalue weighted by molar-refractivity contribution is 5.79. The van der Waals surface area contributed by atoms with Crippen molar-refractivity contribution in [3.63, 3.8) is 0 Å². The molecule has 3 fully saturated rings. The molecule has 4 unspecified atom stereocenters. The van der Waals surface area contributed by atoms with Crippen LogP contribution in [-0.2, 0) is 4.79 Å². The van der Waals surface area contributed by atoms with E-state index in [1.807, 2.05) is 0 Å². The highest BCUT2D eigenvalue weighted by Crippen LogP contribution is 2.42. The molecule has 5 rings (SSSR count). The maximum absolute atomic E-state index is 15.1. The third-order valence-corrected chi connectivity index (χ3v) is 7.11. The second-order valence-electron chi connectivity index (χ2n) is 9.64. The highest BCUT2D eigenvalue weighted by Gasteiger charge is 2.42. The van der Waals surface area contributed by atoms with E-state index in [0.29, 0.717) is 12.8 Å². The number of aromatic nitrogens is 3. The SMILES string of the molecule is [2H]C([2H])([2H])c1nnc(C([2H])(C)C([2H])([2H])[2H])n1C1CC2CCC(C1)N2C([2H])([2H])CC(NC(=O)C1C([2H])([2H])C([2H])([2H])C(F)(F)C([2H])([2H])C1([2H])[2H])c1ccccc1.